The second-order valence-corrected chi connectivity index (χ2v) is 6.19. The predicted molar refractivity (Wildman–Crippen MR) is 90.5 cm³/mol. The summed E-state index contributed by atoms with van der Waals surface area (Å²) in [6.45, 7) is 2.33. The maximum Gasteiger partial charge on any atom is 0.254 e. The Bertz CT molecular complexity index is 688. The third kappa shape index (κ3) is 3.57. The Balaban J connectivity index is 2.24. The van der Waals surface area contributed by atoms with E-state index >= 15 is 0 Å². The maximum absolute atomic E-state index is 12.5. The van der Waals surface area contributed by atoms with Crippen LogP contribution in [0.5, 0.6) is 0 Å². The highest BCUT2D eigenvalue weighted by molar-refractivity contribution is 9.10. The van der Waals surface area contributed by atoms with Crippen molar-refractivity contribution in [2.24, 2.45) is 0 Å². The molecule has 1 amide bonds. The van der Waals surface area contributed by atoms with Crippen molar-refractivity contribution >= 4 is 39.1 Å². The number of nitrogen functional groups attached to an aromatic ring is 1. The van der Waals surface area contributed by atoms with Crippen molar-refractivity contribution in [2.75, 3.05) is 12.8 Å². The quantitative estimate of drug-likeness (QED) is 0.824. The van der Waals surface area contributed by atoms with Crippen LogP contribution in [0.15, 0.2) is 40.9 Å². The standard InChI is InChI=1S/C16H16BrClN2O/c1-10-13(4-3-5-14(10)17)16(21)20(2)9-11-8-12(19)6-7-15(11)18/h3-8H,9,19H2,1-2H3. The zero-order valence-electron chi connectivity index (χ0n) is 11.9. The van der Waals surface area contributed by atoms with Gasteiger partial charge < -0.3 is 10.6 Å². The largest absolute Gasteiger partial charge is 0.399 e. The number of amides is 1. The van der Waals surface area contributed by atoms with Gasteiger partial charge in [-0.2, -0.15) is 0 Å². The van der Waals surface area contributed by atoms with E-state index in [1.165, 1.54) is 0 Å². The second-order valence-electron chi connectivity index (χ2n) is 4.92. The third-order valence-electron chi connectivity index (χ3n) is 3.32. The first-order valence-corrected chi connectivity index (χ1v) is 7.61. The molecule has 0 unspecified atom stereocenters. The number of halogens is 2. The average molecular weight is 368 g/mol. The van der Waals surface area contributed by atoms with E-state index in [1.54, 1.807) is 30.1 Å². The summed E-state index contributed by atoms with van der Waals surface area (Å²) in [5, 5.41) is 0.606. The van der Waals surface area contributed by atoms with Crippen molar-refractivity contribution in [1.82, 2.24) is 4.90 Å². The molecule has 21 heavy (non-hydrogen) atoms. The SMILES string of the molecule is Cc1c(Br)cccc1C(=O)N(C)Cc1cc(N)ccc1Cl. The van der Waals surface area contributed by atoms with Gasteiger partial charge in [0.1, 0.15) is 0 Å². The first-order valence-electron chi connectivity index (χ1n) is 6.44. The zero-order valence-corrected chi connectivity index (χ0v) is 14.2. The van der Waals surface area contributed by atoms with Gasteiger partial charge in [0.05, 0.1) is 0 Å². The van der Waals surface area contributed by atoms with Gasteiger partial charge in [-0.1, -0.05) is 33.6 Å². The van der Waals surface area contributed by atoms with Crippen LogP contribution in [0.3, 0.4) is 0 Å². The van der Waals surface area contributed by atoms with Crippen molar-refractivity contribution in [3.63, 3.8) is 0 Å². The summed E-state index contributed by atoms with van der Waals surface area (Å²) in [7, 11) is 1.75. The van der Waals surface area contributed by atoms with Gasteiger partial charge >= 0.3 is 0 Å². The number of nitrogens with zero attached hydrogens (tertiary/aromatic N) is 1. The number of carbonyl (C=O) groups excluding carboxylic acids is 1. The van der Waals surface area contributed by atoms with Crippen LogP contribution in [0.4, 0.5) is 5.69 Å². The molecule has 0 fully saturated rings. The molecule has 0 aliphatic rings. The molecule has 0 aromatic heterocycles. The van der Waals surface area contributed by atoms with Crippen LogP contribution >= 0.6 is 27.5 Å². The number of carbonyl (C=O) groups is 1. The summed E-state index contributed by atoms with van der Waals surface area (Å²) >= 11 is 9.59. The molecule has 0 bridgehead atoms. The average Bonchev–Trinajstić information content (AvgIpc) is 2.45. The van der Waals surface area contributed by atoms with E-state index in [4.69, 9.17) is 17.3 Å². The van der Waals surface area contributed by atoms with Crippen molar-refractivity contribution in [3.05, 3.63) is 62.6 Å². The van der Waals surface area contributed by atoms with Crippen LogP contribution in [-0.4, -0.2) is 17.9 Å². The molecule has 2 N–H and O–H groups in total. The van der Waals surface area contributed by atoms with Crippen LogP contribution < -0.4 is 5.73 Å². The first kappa shape index (κ1) is 15.9. The van der Waals surface area contributed by atoms with Gasteiger partial charge in [0, 0.05) is 34.3 Å². The Morgan fingerprint density at radius 3 is 2.76 bits per heavy atom. The van der Waals surface area contributed by atoms with Gasteiger partial charge in [-0.25, -0.2) is 0 Å². The van der Waals surface area contributed by atoms with Crippen LogP contribution in [-0.2, 0) is 6.54 Å². The highest BCUT2D eigenvalue weighted by Crippen LogP contribution is 2.23. The molecule has 0 heterocycles. The smallest absolute Gasteiger partial charge is 0.254 e. The van der Waals surface area contributed by atoms with Gasteiger partial charge in [-0.05, 0) is 48.4 Å². The first-order chi connectivity index (χ1) is 9.90. The molecule has 5 heteroatoms. The summed E-state index contributed by atoms with van der Waals surface area (Å²) in [5.74, 6) is -0.0488. The molecule has 3 nitrogen and oxygen atoms in total. The van der Waals surface area contributed by atoms with Crippen molar-refractivity contribution in [1.29, 1.82) is 0 Å². The minimum Gasteiger partial charge on any atom is -0.399 e. The lowest BCUT2D eigenvalue weighted by Gasteiger charge is -2.19. The van der Waals surface area contributed by atoms with E-state index in [1.807, 2.05) is 25.1 Å². The zero-order chi connectivity index (χ0) is 15.6. The fourth-order valence-electron chi connectivity index (χ4n) is 2.09. The summed E-state index contributed by atoms with van der Waals surface area (Å²) in [5.41, 5.74) is 8.83. The molecule has 0 atom stereocenters. The van der Waals surface area contributed by atoms with E-state index in [-0.39, 0.29) is 5.91 Å². The van der Waals surface area contributed by atoms with E-state index in [9.17, 15) is 4.79 Å². The normalized spacial score (nSPS) is 10.5. The van der Waals surface area contributed by atoms with Crippen molar-refractivity contribution in [2.45, 2.75) is 13.5 Å². The number of anilines is 1. The lowest BCUT2D eigenvalue weighted by atomic mass is 10.1. The Hall–Kier alpha value is -1.52. The maximum atomic E-state index is 12.5. The molecular weight excluding hydrogens is 352 g/mol. The summed E-state index contributed by atoms with van der Waals surface area (Å²) < 4.78 is 0.920. The van der Waals surface area contributed by atoms with Crippen LogP contribution in [0.2, 0.25) is 5.02 Å². The Morgan fingerprint density at radius 1 is 1.33 bits per heavy atom. The topological polar surface area (TPSA) is 46.3 Å². The number of rotatable bonds is 3. The molecule has 0 saturated carbocycles. The van der Waals surface area contributed by atoms with E-state index < -0.39 is 0 Å². The molecule has 110 valence electrons. The molecule has 0 spiro atoms. The van der Waals surface area contributed by atoms with Gasteiger partial charge in [0.25, 0.3) is 5.91 Å². The minimum atomic E-state index is -0.0488. The molecule has 0 radical (unpaired) electrons. The number of hydrogen-bond donors (Lipinski definition) is 1. The Morgan fingerprint density at radius 2 is 2.05 bits per heavy atom. The second kappa shape index (κ2) is 6.50. The van der Waals surface area contributed by atoms with Gasteiger partial charge in [0.15, 0.2) is 0 Å². The van der Waals surface area contributed by atoms with Crippen LogP contribution in [0, 0.1) is 6.92 Å². The number of nitrogens with two attached hydrogens (primary N) is 1. The van der Waals surface area contributed by atoms with Crippen LogP contribution in [0.1, 0.15) is 21.5 Å². The fraction of sp³-hybridized carbons (Fsp3) is 0.188. The highest BCUT2D eigenvalue weighted by Gasteiger charge is 2.16. The Kier molecular flexibility index (Phi) is 4.91. The molecule has 2 aromatic rings. The molecule has 2 rings (SSSR count). The monoisotopic (exact) mass is 366 g/mol. The third-order valence-corrected chi connectivity index (χ3v) is 4.55. The van der Waals surface area contributed by atoms with Gasteiger partial charge in [0.2, 0.25) is 0 Å². The Labute approximate surface area is 137 Å². The van der Waals surface area contributed by atoms with Gasteiger partial charge in [-0.15, -0.1) is 0 Å². The van der Waals surface area contributed by atoms with Gasteiger partial charge in [-0.3, -0.25) is 4.79 Å². The van der Waals surface area contributed by atoms with Crippen LogP contribution in [0.25, 0.3) is 0 Å². The predicted octanol–water partition coefficient (Wildman–Crippen LogP) is 4.27. The number of hydrogen-bond acceptors (Lipinski definition) is 2. The molecular formula is C16H16BrClN2O. The lowest BCUT2D eigenvalue weighted by molar-refractivity contribution is 0.0784. The van der Waals surface area contributed by atoms with Crippen molar-refractivity contribution in [3.8, 4) is 0 Å². The minimum absolute atomic E-state index is 0.0488. The van der Waals surface area contributed by atoms with E-state index in [2.05, 4.69) is 15.9 Å². The van der Waals surface area contributed by atoms with Crippen molar-refractivity contribution < 1.29 is 4.79 Å². The summed E-state index contributed by atoms with van der Waals surface area (Å²) in [4.78, 5) is 14.2. The van der Waals surface area contributed by atoms with E-state index in [0.717, 1.165) is 15.6 Å². The highest BCUT2D eigenvalue weighted by atomic mass is 79.9. The summed E-state index contributed by atoms with van der Waals surface area (Å²) in [6.07, 6.45) is 0. The molecule has 0 saturated heterocycles. The molecule has 0 aliphatic carbocycles. The fourth-order valence-corrected chi connectivity index (χ4v) is 2.63. The molecule has 2 aromatic carbocycles. The molecule has 0 aliphatic heterocycles. The van der Waals surface area contributed by atoms with E-state index in [0.29, 0.717) is 22.8 Å². The summed E-state index contributed by atoms with van der Waals surface area (Å²) in [6, 6.07) is 10.9. The number of benzene rings is 2. The lowest BCUT2D eigenvalue weighted by Crippen LogP contribution is -2.27.